The lowest BCUT2D eigenvalue weighted by atomic mass is 10.0. The van der Waals surface area contributed by atoms with Gasteiger partial charge in [-0.3, -0.25) is 4.79 Å². The van der Waals surface area contributed by atoms with Gasteiger partial charge in [0.2, 0.25) is 0 Å². The zero-order valence-electron chi connectivity index (χ0n) is 8.75. The minimum Gasteiger partial charge on any atom is -0.313 e. The second-order valence-electron chi connectivity index (χ2n) is 3.48. The van der Waals surface area contributed by atoms with Gasteiger partial charge in [-0.15, -0.1) is 0 Å². The number of hydrogen-bond donors (Lipinski definition) is 1. The average molecular weight is 275 g/mol. The van der Waals surface area contributed by atoms with E-state index < -0.39 is 17.3 Å². The van der Waals surface area contributed by atoms with E-state index in [-0.39, 0.29) is 16.3 Å². The zero-order chi connectivity index (χ0) is 13.3. The van der Waals surface area contributed by atoms with Crippen LogP contribution in [0.3, 0.4) is 0 Å². The van der Waals surface area contributed by atoms with Crippen molar-refractivity contribution >= 4 is 11.6 Å². The molecular formula is C11H6ClF3N2O. The van der Waals surface area contributed by atoms with Crippen molar-refractivity contribution in [1.82, 2.24) is 9.97 Å². The van der Waals surface area contributed by atoms with E-state index in [1.54, 1.807) is 0 Å². The van der Waals surface area contributed by atoms with Crippen molar-refractivity contribution in [2.75, 3.05) is 0 Å². The Morgan fingerprint density at radius 3 is 2.56 bits per heavy atom. The van der Waals surface area contributed by atoms with Crippen molar-refractivity contribution < 1.29 is 13.2 Å². The molecule has 0 saturated carbocycles. The van der Waals surface area contributed by atoms with E-state index in [0.29, 0.717) is 0 Å². The fourth-order valence-corrected chi connectivity index (χ4v) is 1.66. The van der Waals surface area contributed by atoms with Crippen molar-refractivity contribution in [1.29, 1.82) is 0 Å². The first kappa shape index (κ1) is 12.6. The molecule has 94 valence electrons. The molecule has 2 aromatic rings. The van der Waals surface area contributed by atoms with Crippen LogP contribution in [0.25, 0.3) is 11.3 Å². The molecule has 0 bridgehead atoms. The molecule has 0 aliphatic carbocycles. The molecule has 0 aliphatic heterocycles. The highest BCUT2D eigenvalue weighted by Crippen LogP contribution is 2.37. The summed E-state index contributed by atoms with van der Waals surface area (Å²) in [6.45, 7) is 0. The number of rotatable bonds is 1. The Bertz CT molecular complexity index is 637. The van der Waals surface area contributed by atoms with Gasteiger partial charge < -0.3 is 4.98 Å². The van der Waals surface area contributed by atoms with Crippen LogP contribution in [0.4, 0.5) is 13.2 Å². The minimum absolute atomic E-state index is 0.0754. The largest absolute Gasteiger partial charge is 0.417 e. The quantitative estimate of drug-likeness (QED) is 0.868. The molecule has 1 N–H and O–H groups in total. The topological polar surface area (TPSA) is 45.8 Å². The molecule has 0 saturated heterocycles. The lowest BCUT2D eigenvalue weighted by molar-refractivity contribution is -0.137. The highest BCUT2D eigenvalue weighted by atomic mass is 35.5. The lowest BCUT2D eigenvalue weighted by Crippen LogP contribution is -2.10. The third-order valence-corrected chi connectivity index (χ3v) is 2.48. The Morgan fingerprint density at radius 1 is 1.22 bits per heavy atom. The van der Waals surface area contributed by atoms with E-state index in [2.05, 4.69) is 9.97 Å². The molecule has 0 radical (unpaired) electrons. The van der Waals surface area contributed by atoms with Gasteiger partial charge in [0, 0.05) is 16.7 Å². The number of nitrogens with one attached hydrogen (secondary N) is 1. The summed E-state index contributed by atoms with van der Waals surface area (Å²) in [6.07, 6.45) is -3.50. The molecule has 3 nitrogen and oxygen atoms in total. The minimum atomic E-state index is -4.54. The maximum atomic E-state index is 12.8. The number of nitrogens with zero attached hydrogens (tertiary/aromatic N) is 1. The van der Waals surface area contributed by atoms with Crippen LogP contribution in [0, 0.1) is 0 Å². The van der Waals surface area contributed by atoms with Crippen molar-refractivity contribution in [3.05, 3.63) is 51.5 Å². The second kappa shape index (κ2) is 4.45. The van der Waals surface area contributed by atoms with Gasteiger partial charge in [-0.1, -0.05) is 11.6 Å². The maximum Gasteiger partial charge on any atom is 0.417 e. The van der Waals surface area contributed by atoms with Gasteiger partial charge in [-0.25, -0.2) is 4.98 Å². The number of alkyl halides is 3. The van der Waals surface area contributed by atoms with Gasteiger partial charge in [0.25, 0.3) is 5.56 Å². The highest BCUT2D eigenvalue weighted by molar-refractivity contribution is 6.30. The second-order valence-corrected chi connectivity index (χ2v) is 3.92. The molecule has 1 heterocycles. The molecule has 0 amide bonds. The van der Waals surface area contributed by atoms with Crippen LogP contribution in [0.5, 0.6) is 0 Å². The van der Waals surface area contributed by atoms with Crippen LogP contribution >= 0.6 is 11.6 Å². The smallest absolute Gasteiger partial charge is 0.313 e. The van der Waals surface area contributed by atoms with E-state index in [0.717, 1.165) is 30.6 Å². The standard InChI is InChI=1S/C11H6ClF3N2O/c12-6-1-2-8(11(13,14)15)7(3-6)9-4-10(18)17-5-16-9/h1-5H,(H,16,17,18). The van der Waals surface area contributed by atoms with E-state index in [1.165, 1.54) is 0 Å². The van der Waals surface area contributed by atoms with Crippen LogP contribution in [0.1, 0.15) is 5.56 Å². The van der Waals surface area contributed by atoms with E-state index in [1.807, 2.05) is 0 Å². The SMILES string of the molecule is O=c1cc(-c2cc(Cl)ccc2C(F)(F)F)nc[nH]1. The summed E-state index contributed by atoms with van der Waals surface area (Å²) in [6, 6.07) is 4.12. The van der Waals surface area contributed by atoms with Crippen LogP contribution in [0.2, 0.25) is 5.02 Å². The average Bonchev–Trinajstić information content (AvgIpc) is 2.27. The summed E-state index contributed by atoms with van der Waals surface area (Å²) < 4.78 is 38.4. The summed E-state index contributed by atoms with van der Waals surface area (Å²) in [5.74, 6) is 0. The molecule has 0 aliphatic rings. The summed E-state index contributed by atoms with van der Waals surface area (Å²) in [7, 11) is 0. The monoisotopic (exact) mass is 274 g/mol. The lowest BCUT2D eigenvalue weighted by Gasteiger charge is -2.12. The number of benzene rings is 1. The van der Waals surface area contributed by atoms with Gasteiger partial charge in [-0.05, 0) is 18.2 Å². The number of hydrogen-bond acceptors (Lipinski definition) is 2. The fourth-order valence-electron chi connectivity index (χ4n) is 1.49. The van der Waals surface area contributed by atoms with Gasteiger partial charge in [0.15, 0.2) is 0 Å². The number of aromatic amines is 1. The van der Waals surface area contributed by atoms with E-state index >= 15 is 0 Å². The summed E-state index contributed by atoms with van der Waals surface area (Å²) in [5, 5.41) is 0.139. The Kier molecular flexibility index (Phi) is 3.13. The van der Waals surface area contributed by atoms with Crippen LogP contribution in [0.15, 0.2) is 35.4 Å². The summed E-state index contributed by atoms with van der Waals surface area (Å²) >= 11 is 5.68. The molecule has 18 heavy (non-hydrogen) atoms. The first-order valence-corrected chi connectivity index (χ1v) is 5.17. The Hall–Kier alpha value is -1.82. The van der Waals surface area contributed by atoms with Crippen LogP contribution in [-0.2, 0) is 6.18 Å². The predicted octanol–water partition coefficient (Wildman–Crippen LogP) is 3.11. The van der Waals surface area contributed by atoms with Crippen molar-refractivity contribution in [2.24, 2.45) is 0 Å². The third-order valence-electron chi connectivity index (χ3n) is 2.24. The number of halogens is 4. The molecule has 1 aromatic heterocycles. The van der Waals surface area contributed by atoms with Gasteiger partial charge in [-0.2, -0.15) is 13.2 Å². The molecule has 1 aromatic carbocycles. The number of aromatic nitrogens is 2. The van der Waals surface area contributed by atoms with E-state index in [9.17, 15) is 18.0 Å². The molecule has 0 atom stereocenters. The van der Waals surface area contributed by atoms with Gasteiger partial charge >= 0.3 is 6.18 Å². The van der Waals surface area contributed by atoms with Crippen molar-refractivity contribution in [3.8, 4) is 11.3 Å². The van der Waals surface area contributed by atoms with Crippen LogP contribution < -0.4 is 5.56 Å². The van der Waals surface area contributed by atoms with Gasteiger partial charge in [0.1, 0.15) is 0 Å². The van der Waals surface area contributed by atoms with Crippen molar-refractivity contribution in [2.45, 2.75) is 6.18 Å². The maximum absolute atomic E-state index is 12.8. The summed E-state index contributed by atoms with van der Waals surface area (Å²) in [4.78, 5) is 17.0. The molecular weight excluding hydrogens is 269 g/mol. The predicted molar refractivity (Wildman–Crippen MR) is 60.3 cm³/mol. The molecule has 2 rings (SSSR count). The van der Waals surface area contributed by atoms with Crippen molar-refractivity contribution in [3.63, 3.8) is 0 Å². The molecule has 0 fully saturated rings. The Balaban J connectivity index is 2.70. The van der Waals surface area contributed by atoms with E-state index in [4.69, 9.17) is 11.6 Å². The first-order chi connectivity index (χ1) is 8.38. The third kappa shape index (κ3) is 2.53. The molecule has 7 heteroatoms. The first-order valence-electron chi connectivity index (χ1n) is 4.80. The molecule has 0 unspecified atom stereocenters. The Labute approximate surface area is 104 Å². The normalized spacial score (nSPS) is 11.6. The Morgan fingerprint density at radius 2 is 1.94 bits per heavy atom. The zero-order valence-corrected chi connectivity index (χ0v) is 9.51. The highest BCUT2D eigenvalue weighted by Gasteiger charge is 2.34. The molecule has 0 spiro atoms. The fraction of sp³-hybridized carbons (Fsp3) is 0.0909. The van der Waals surface area contributed by atoms with Gasteiger partial charge in [0.05, 0.1) is 17.6 Å². The summed E-state index contributed by atoms with van der Waals surface area (Å²) in [5.41, 5.74) is -1.72. The van der Waals surface area contributed by atoms with Crippen LogP contribution in [-0.4, -0.2) is 9.97 Å². The number of H-pyrrole nitrogens is 1.